The van der Waals surface area contributed by atoms with Crippen molar-refractivity contribution in [3.8, 4) is 0 Å². The molecule has 0 aliphatic heterocycles. The van der Waals surface area contributed by atoms with Gasteiger partial charge in [0.1, 0.15) is 17.3 Å². The van der Waals surface area contributed by atoms with E-state index in [0.717, 1.165) is 25.0 Å². The zero-order valence-corrected chi connectivity index (χ0v) is 14.5. The van der Waals surface area contributed by atoms with Gasteiger partial charge in [0.15, 0.2) is 0 Å². The monoisotopic (exact) mass is 368 g/mol. The first-order chi connectivity index (χ1) is 13.1. The van der Waals surface area contributed by atoms with E-state index in [9.17, 15) is 13.6 Å². The molecule has 3 aromatic rings. The van der Waals surface area contributed by atoms with E-state index in [-0.39, 0.29) is 23.1 Å². The second-order valence-corrected chi connectivity index (χ2v) is 5.86. The summed E-state index contributed by atoms with van der Waals surface area (Å²) in [6.07, 6.45) is 4.29. The highest BCUT2D eigenvalue weighted by molar-refractivity contribution is 5.93. The Hall–Kier alpha value is -3.35. The lowest BCUT2D eigenvalue weighted by atomic mass is 10.1. The third-order valence-electron chi connectivity index (χ3n) is 3.88. The number of carbonyl (C=O) groups excluding carboxylic acids is 1. The third-order valence-corrected chi connectivity index (χ3v) is 3.88. The molecule has 0 spiro atoms. The highest BCUT2D eigenvalue weighted by atomic mass is 19.1. The van der Waals surface area contributed by atoms with Crippen molar-refractivity contribution in [2.75, 3.05) is 11.9 Å². The van der Waals surface area contributed by atoms with Gasteiger partial charge in [0.05, 0.1) is 5.56 Å². The number of aryl methyl sites for hydroxylation is 1. The average molecular weight is 368 g/mol. The van der Waals surface area contributed by atoms with Crippen LogP contribution in [0.1, 0.15) is 22.3 Å². The summed E-state index contributed by atoms with van der Waals surface area (Å²) in [6.45, 7) is 0.522. The van der Waals surface area contributed by atoms with Crippen molar-refractivity contribution < 1.29 is 13.6 Å². The van der Waals surface area contributed by atoms with Crippen molar-refractivity contribution in [3.63, 3.8) is 0 Å². The summed E-state index contributed by atoms with van der Waals surface area (Å²) < 4.78 is 27.2. The molecule has 0 saturated carbocycles. The van der Waals surface area contributed by atoms with Gasteiger partial charge in [-0.3, -0.25) is 4.79 Å². The van der Waals surface area contributed by atoms with Gasteiger partial charge >= 0.3 is 0 Å². The van der Waals surface area contributed by atoms with Crippen molar-refractivity contribution in [1.29, 1.82) is 0 Å². The van der Waals surface area contributed by atoms with E-state index in [1.807, 2.05) is 30.3 Å². The minimum Gasteiger partial charge on any atom is -0.352 e. The zero-order valence-electron chi connectivity index (χ0n) is 14.5. The van der Waals surface area contributed by atoms with Crippen LogP contribution in [0.25, 0.3) is 0 Å². The molecule has 2 aromatic carbocycles. The Labute approximate surface area is 155 Å². The number of nitrogens with zero attached hydrogens (tertiary/aromatic N) is 2. The second-order valence-electron chi connectivity index (χ2n) is 5.86. The highest BCUT2D eigenvalue weighted by Gasteiger charge is 2.11. The average Bonchev–Trinajstić information content (AvgIpc) is 2.69. The molecule has 0 saturated heterocycles. The molecule has 0 radical (unpaired) electrons. The lowest BCUT2D eigenvalue weighted by Gasteiger charge is -2.08. The predicted molar refractivity (Wildman–Crippen MR) is 98.8 cm³/mol. The third kappa shape index (κ3) is 5.07. The van der Waals surface area contributed by atoms with Crippen molar-refractivity contribution in [2.24, 2.45) is 0 Å². The number of amides is 1. The van der Waals surface area contributed by atoms with Crippen LogP contribution in [0, 0.1) is 11.6 Å². The van der Waals surface area contributed by atoms with Crippen LogP contribution in [0.2, 0.25) is 0 Å². The van der Waals surface area contributed by atoms with Gasteiger partial charge in [0.2, 0.25) is 5.95 Å². The van der Waals surface area contributed by atoms with Gasteiger partial charge in [-0.2, -0.15) is 0 Å². The summed E-state index contributed by atoms with van der Waals surface area (Å²) in [7, 11) is 0. The molecule has 3 rings (SSSR count). The lowest BCUT2D eigenvalue weighted by molar-refractivity contribution is 0.0952. The fourth-order valence-corrected chi connectivity index (χ4v) is 2.48. The number of rotatable bonds is 7. The molecule has 27 heavy (non-hydrogen) atoms. The van der Waals surface area contributed by atoms with Crippen LogP contribution in [0.5, 0.6) is 0 Å². The second kappa shape index (κ2) is 8.84. The van der Waals surface area contributed by atoms with Crippen molar-refractivity contribution in [1.82, 2.24) is 15.3 Å². The topological polar surface area (TPSA) is 66.9 Å². The Bertz CT molecular complexity index is 881. The minimum atomic E-state index is -0.751. The smallest absolute Gasteiger partial charge is 0.254 e. The Morgan fingerprint density at radius 2 is 1.59 bits per heavy atom. The summed E-state index contributed by atoms with van der Waals surface area (Å²) in [5, 5.41) is 5.27. The quantitative estimate of drug-likeness (QED) is 0.622. The van der Waals surface area contributed by atoms with E-state index in [1.165, 1.54) is 24.0 Å². The summed E-state index contributed by atoms with van der Waals surface area (Å²) >= 11 is 0. The summed E-state index contributed by atoms with van der Waals surface area (Å²) in [6, 6.07) is 13.5. The van der Waals surface area contributed by atoms with Gasteiger partial charge in [-0.25, -0.2) is 18.7 Å². The fourth-order valence-electron chi connectivity index (χ4n) is 2.48. The van der Waals surface area contributed by atoms with E-state index in [2.05, 4.69) is 20.6 Å². The van der Waals surface area contributed by atoms with Crippen LogP contribution in [-0.2, 0) is 6.42 Å². The van der Waals surface area contributed by atoms with Crippen molar-refractivity contribution in [3.05, 3.63) is 83.7 Å². The number of benzene rings is 2. The van der Waals surface area contributed by atoms with E-state index >= 15 is 0 Å². The van der Waals surface area contributed by atoms with Crippen molar-refractivity contribution in [2.45, 2.75) is 12.8 Å². The summed E-state index contributed by atoms with van der Waals surface area (Å²) in [4.78, 5) is 20.0. The van der Waals surface area contributed by atoms with Gasteiger partial charge in [-0.1, -0.05) is 36.4 Å². The molecule has 0 fully saturated rings. The van der Waals surface area contributed by atoms with Gasteiger partial charge in [-0.15, -0.1) is 0 Å². The van der Waals surface area contributed by atoms with Crippen LogP contribution in [0.4, 0.5) is 20.4 Å². The van der Waals surface area contributed by atoms with E-state index < -0.39 is 11.6 Å². The SMILES string of the molecule is O=C(NCCCc1ccccc1)c1cnc(Nc2c(F)cccc2F)nc1. The molecule has 7 heteroatoms. The van der Waals surface area contributed by atoms with Crippen LogP contribution in [-0.4, -0.2) is 22.4 Å². The molecule has 0 bridgehead atoms. The first kappa shape index (κ1) is 18.4. The highest BCUT2D eigenvalue weighted by Crippen LogP contribution is 2.20. The normalized spacial score (nSPS) is 10.4. The van der Waals surface area contributed by atoms with Crippen LogP contribution < -0.4 is 10.6 Å². The maximum atomic E-state index is 13.6. The Morgan fingerprint density at radius 3 is 2.26 bits per heavy atom. The molecule has 138 valence electrons. The molecule has 0 atom stereocenters. The Balaban J connectivity index is 1.51. The number of aromatic nitrogens is 2. The number of para-hydroxylation sites is 1. The van der Waals surface area contributed by atoms with E-state index in [4.69, 9.17) is 0 Å². The van der Waals surface area contributed by atoms with Gasteiger partial charge in [-0.05, 0) is 30.5 Å². The maximum absolute atomic E-state index is 13.6. The minimum absolute atomic E-state index is 0.000345. The molecular formula is C20H18F2N4O. The fraction of sp³-hybridized carbons (Fsp3) is 0.150. The Kier molecular flexibility index (Phi) is 6.04. The summed E-state index contributed by atoms with van der Waals surface area (Å²) in [5.41, 5.74) is 1.15. The molecule has 1 amide bonds. The number of hydrogen-bond acceptors (Lipinski definition) is 4. The molecule has 2 N–H and O–H groups in total. The Morgan fingerprint density at radius 1 is 0.926 bits per heavy atom. The van der Waals surface area contributed by atoms with E-state index in [1.54, 1.807) is 0 Å². The van der Waals surface area contributed by atoms with E-state index in [0.29, 0.717) is 6.54 Å². The zero-order chi connectivity index (χ0) is 19.1. The first-order valence-corrected chi connectivity index (χ1v) is 8.48. The number of hydrogen-bond donors (Lipinski definition) is 2. The number of carbonyl (C=O) groups is 1. The number of halogens is 2. The largest absolute Gasteiger partial charge is 0.352 e. The van der Waals surface area contributed by atoms with Gasteiger partial charge in [0, 0.05) is 18.9 Å². The van der Waals surface area contributed by atoms with Crippen LogP contribution >= 0.6 is 0 Å². The molecule has 5 nitrogen and oxygen atoms in total. The molecule has 1 aromatic heterocycles. The van der Waals surface area contributed by atoms with Crippen molar-refractivity contribution >= 4 is 17.5 Å². The first-order valence-electron chi connectivity index (χ1n) is 8.48. The predicted octanol–water partition coefficient (Wildman–Crippen LogP) is 3.86. The standard InChI is InChI=1S/C20H18F2N4O/c21-16-9-4-10-17(22)18(16)26-20-24-12-15(13-25-20)19(27)23-11-5-8-14-6-2-1-3-7-14/h1-4,6-7,9-10,12-13H,5,8,11H2,(H,23,27)(H,24,25,26). The molecule has 0 unspecified atom stereocenters. The van der Waals surface area contributed by atoms with Gasteiger partial charge < -0.3 is 10.6 Å². The number of anilines is 2. The molecule has 0 aliphatic rings. The van der Waals surface area contributed by atoms with Gasteiger partial charge in [0.25, 0.3) is 5.91 Å². The lowest BCUT2D eigenvalue weighted by Crippen LogP contribution is -2.25. The molecule has 0 aliphatic carbocycles. The maximum Gasteiger partial charge on any atom is 0.254 e. The molecular weight excluding hydrogens is 350 g/mol. The number of nitrogens with one attached hydrogen (secondary N) is 2. The molecule has 1 heterocycles. The van der Waals surface area contributed by atoms with Crippen LogP contribution in [0.3, 0.4) is 0 Å². The van der Waals surface area contributed by atoms with Crippen LogP contribution in [0.15, 0.2) is 60.9 Å². The summed E-state index contributed by atoms with van der Waals surface area (Å²) in [5.74, 6) is -1.80.